The number of para-hydroxylation sites is 1. The smallest absolute Gasteiger partial charge is 0.255 e. The number of rotatable bonds is 5. The van der Waals surface area contributed by atoms with Crippen LogP contribution in [0.3, 0.4) is 0 Å². The highest BCUT2D eigenvalue weighted by molar-refractivity contribution is 5.97. The van der Waals surface area contributed by atoms with Crippen molar-refractivity contribution in [1.29, 1.82) is 0 Å². The van der Waals surface area contributed by atoms with Gasteiger partial charge in [0.15, 0.2) is 0 Å². The molecule has 120 valence electrons. The molecule has 0 radical (unpaired) electrons. The molecule has 1 heterocycles. The number of hydrogen-bond donors (Lipinski definition) is 1. The highest BCUT2D eigenvalue weighted by Crippen LogP contribution is 2.23. The fourth-order valence-electron chi connectivity index (χ4n) is 2.56. The van der Waals surface area contributed by atoms with Gasteiger partial charge in [0.2, 0.25) is 0 Å². The first-order chi connectivity index (χ1) is 11.8. The van der Waals surface area contributed by atoms with Crippen LogP contribution in [0.4, 0.5) is 0 Å². The summed E-state index contributed by atoms with van der Waals surface area (Å²) < 4.78 is 5.28. The van der Waals surface area contributed by atoms with Crippen molar-refractivity contribution in [1.82, 2.24) is 10.3 Å². The highest BCUT2D eigenvalue weighted by Gasteiger charge is 2.20. The van der Waals surface area contributed by atoms with Gasteiger partial charge in [-0.3, -0.25) is 9.78 Å². The number of methoxy groups -OCH3 is 1. The summed E-state index contributed by atoms with van der Waals surface area (Å²) in [6, 6.07) is 22.3. The Bertz CT molecular complexity index is 765. The fraction of sp³-hybridized carbons (Fsp3) is 0.100. The number of hydrogen-bond acceptors (Lipinski definition) is 3. The van der Waals surface area contributed by atoms with E-state index in [0.29, 0.717) is 11.3 Å². The molecule has 0 aliphatic heterocycles. The Balaban J connectivity index is 1.94. The molecule has 3 rings (SSSR count). The third-order valence-electron chi connectivity index (χ3n) is 3.74. The molecule has 1 atom stereocenters. The number of benzene rings is 2. The average Bonchev–Trinajstić information content (AvgIpc) is 2.67. The van der Waals surface area contributed by atoms with E-state index in [1.165, 1.54) is 0 Å². The van der Waals surface area contributed by atoms with Crippen molar-refractivity contribution in [2.24, 2.45) is 0 Å². The maximum absolute atomic E-state index is 12.8. The number of ether oxygens (including phenoxy) is 1. The van der Waals surface area contributed by atoms with E-state index in [0.717, 1.165) is 11.3 Å². The molecule has 4 heteroatoms. The Kier molecular flexibility index (Phi) is 4.87. The number of carbonyl (C=O) groups is 1. The van der Waals surface area contributed by atoms with Crippen LogP contribution >= 0.6 is 0 Å². The fourth-order valence-corrected chi connectivity index (χ4v) is 2.56. The Labute approximate surface area is 141 Å². The zero-order valence-electron chi connectivity index (χ0n) is 13.3. The van der Waals surface area contributed by atoms with Crippen LogP contribution in [0.1, 0.15) is 27.7 Å². The summed E-state index contributed by atoms with van der Waals surface area (Å²) >= 11 is 0. The van der Waals surface area contributed by atoms with Crippen molar-refractivity contribution in [2.75, 3.05) is 7.11 Å². The lowest BCUT2D eigenvalue weighted by molar-refractivity contribution is 0.0939. The Hall–Kier alpha value is -3.14. The lowest BCUT2D eigenvalue weighted by Crippen LogP contribution is -2.30. The highest BCUT2D eigenvalue weighted by atomic mass is 16.5. The molecule has 0 spiro atoms. The van der Waals surface area contributed by atoms with E-state index >= 15 is 0 Å². The normalized spacial score (nSPS) is 11.5. The Morgan fingerprint density at radius 1 is 0.958 bits per heavy atom. The van der Waals surface area contributed by atoms with E-state index in [9.17, 15) is 4.79 Å². The summed E-state index contributed by atoms with van der Waals surface area (Å²) in [5.41, 5.74) is 2.25. The first-order valence-electron chi connectivity index (χ1n) is 7.69. The van der Waals surface area contributed by atoms with Crippen molar-refractivity contribution in [3.8, 4) is 5.75 Å². The standard InChI is InChI=1S/C20H18N2O2/c1-24-18-13-6-5-11-16(18)20(23)22-19(15-9-3-2-4-10-15)17-12-7-8-14-21-17/h2-14,19H,1H3,(H,22,23). The number of pyridine rings is 1. The predicted octanol–water partition coefficient (Wildman–Crippen LogP) is 3.61. The van der Waals surface area contributed by atoms with E-state index in [4.69, 9.17) is 4.74 Å². The van der Waals surface area contributed by atoms with Crippen LogP contribution in [0.15, 0.2) is 79.0 Å². The molecule has 1 aromatic heterocycles. The van der Waals surface area contributed by atoms with Crippen LogP contribution in [0.25, 0.3) is 0 Å². The van der Waals surface area contributed by atoms with Gasteiger partial charge < -0.3 is 10.1 Å². The molecule has 0 fully saturated rings. The van der Waals surface area contributed by atoms with Crippen LogP contribution in [-0.2, 0) is 0 Å². The molecule has 1 amide bonds. The third-order valence-corrected chi connectivity index (χ3v) is 3.74. The van der Waals surface area contributed by atoms with Crippen molar-refractivity contribution < 1.29 is 9.53 Å². The van der Waals surface area contributed by atoms with Gasteiger partial charge >= 0.3 is 0 Å². The zero-order chi connectivity index (χ0) is 16.8. The number of amides is 1. The molecular formula is C20H18N2O2. The van der Waals surface area contributed by atoms with Crippen molar-refractivity contribution >= 4 is 5.91 Å². The lowest BCUT2D eigenvalue weighted by atomic mass is 10.0. The maximum Gasteiger partial charge on any atom is 0.255 e. The minimum Gasteiger partial charge on any atom is -0.496 e. The average molecular weight is 318 g/mol. The van der Waals surface area contributed by atoms with Crippen molar-refractivity contribution in [3.05, 3.63) is 95.8 Å². The zero-order valence-corrected chi connectivity index (χ0v) is 13.3. The molecule has 0 bridgehead atoms. The molecule has 1 unspecified atom stereocenters. The molecule has 0 aliphatic rings. The van der Waals surface area contributed by atoms with Crippen LogP contribution < -0.4 is 10.1 Å². The van der Waals surface area contributed by atoms with Crippen LogP contribution in [-0.4, -0.2) is 18.0 Å². The van der Waals surface area contributed by atoms with E-state index < -0.39 is 0 Å². The van der Waals surface area contributed by atoms with Gasteiger partial charge in [-0.1, -0.05) is 48.5 Å². The second-order valence-electron chi connectivity index (χ2n) is 5.27. The maximum atomic E-state index is 12.8. The van der Waals surface area contributed by atoms with E-state index in [1.54, 1.807) is 25.4 Å². The molecule has 0 saturated heterocycles. The first kappa shape index (κ1) is 15.7. The summed E-state index contributed by atoms with van der Waals surface area (Å²) in [6.07, 6.45) is 1.72. The monoisotopic (exact) mass is 318 g/mol. The van der Waals surface area contributed by atoms with Gasteiger partial charge in [0.05, 0.1) is 24.4 Å². The Morgan fingerprint density at radius 2 is 1.67 bits per heavy atom. The van der Waals surface area contributed by atoms with Crippen LogP contribution in [0.5, 0.6) is 5.75 Å². The van der Waals surface area contributed by atoms with Crippen LogP contribution in [0.2, 0.25) is 0 Å². The number of carbonyl (C=O) groups excluding carboxylic acids is 1. The summed E-state index contributed by atoms with van der Waals surface area (Å²) in [5.74, 6) is 0.342. The van der Waals surface area contributed by atoms with Crippen molar-refractivity contribution in [2.45, 2.75) is 6.04 Å². The third kappa shape index (κ3) is 3.43. The van der Waals surface area contributed by atoms with E-state index in [1.807, 2.05) is 60.7 Å². The molecule has 3 aromatic rings. The van der Waals surface area contributed by atoms with Crippen LogP contribution in [0, 0.1) is 0 Å². The summed E-state index contributed by atoms with van der Waals surface area (Å²) in [7, 11) is 1.56. The number of nitrogens with zero attached hydrogens (tertiary/aromatic N) is 1. The van der Waals surface area contributed by atoms with Gasteiger partial charge in [-0.2, -0.15) is 0 Å². The molecule has 0 saturated carbocycles. The minimum atomic E-state index is -0.329. The SMILES string of the molecule is COc1ccccc1C(=O)NC(c1ccccc1)c1ccccn1. The Morgan fingerprint density at radius 3 is 2.38 bits per heavy atom. The van der Waals surface area contributed by atoms with Gasteiger partial charge in [-0.25, -0.2) is 0 Å². The number of aromatic nitrogens is 1. The summed E-state index contributed by atoms with van der Waals surface area (Å²) in [5, 5.41) is 3.06. The molecule has 0 aliphatic carbocycles. The molecule has 24 heavy (non-hydrogen) atoms. The lowest BCUT2D eigenvalue weighted by Gasteiger charge is -2.19. The van der Waals surface area contributed by atoms with E-state index in [2.05, 4.69) is 10.3 Å². The summed E-state index contributed by atoms with van der Waals surface area (Å²) in [4.78, 5) is 17.2. The molecule has 4 nitrogen and oxygen atoms in total. The predicted molar refractivity (Wildman–Crippen MR) is 93.0 cm³/mol. The van der Waals surface area contributed by atoms with Gasteiger partial charge in [-0.15, -0.1) is 0 Å². The number of nitrogens with one attached hydrogen (secondary N) is 1. The van der Waals surface area contributed by atoms with Gasteiger partial charge in [0.25, 0.3) is 5.91 Å². The molecule has 1 N–H and O–H groups in total. The minimum absolute atomic E-state index is 0.202. The van der Waals surface area contributed by atoms with Gasteiger partial charge in [-0.05, 0) is 29.8 Å². The molecule has 2 aromatic carbocycles. The largest absolute Gasteiger partial charge is 0.496 e. The quantitative estimate of drug-likeness (QED) is 0.782. The van der Waals surface area contributed by atoms with Gasteiger partial charge in [0, 0.05) is 6.20 Å². The second-order valence-corrected chi connectivity index (χ2v) is 5.27. The topological polar surface area (TPSA) is 51.2 Å². The molecular weight excluding hydrogens is 300 g/mol. The first-order valence-corrected chi connectivity index (χ1v) is 7.69. The van der Waals surface area contributed by atoms with Gasteiger partial charge in [0.1, 0.15) is 5.75 Å². The van der Waals surface area contributed by atoms with E-state index in [-0.39, 0.29) is 11.9 Å². The van der Waals surface area contributed by atoms with Crippen molar-refractivity contribution in [3.63, 3.8) is 0 Å². The summed E-state index contributed by atoms with van der Waals surface area (Å²) in [6.45, 7) is 0. The second kappa shape index (κ2) is 7.42.